The van der Waals surface area contributed by atoms with Gasteiger partial charge in [-0.05, 0) is 32.4 Å². The highest BCUT2D eigenvalue weighted by Gasteiger charge is 2.15. The first-order valence-electron chi connectivity index (χ1n) is 7.17. The summed E-state index contributed by atoms with van der Waals surface area (Å²) in [6, 6.07) is 1.80. The van der Waals surface area contributed by atoms with Gasteiger partial charge in [-0.25, -0.2) is 9.97 Å². The van der Waals surface area contributed by atoms with Crippen molar-refractivity contribution in [3.63, 3.8) is 0 Å². The van der Waals surface area contributed by atoms with Gasteiger partial charge in [0.25, 0.3) is 0 Å². The third-order valence-electron chi connectivity index (χ3n) is 3.34. The maximum absolute atomic E-state index is 10.7. The van der Waals surface area contributed by atoms with Crippen molar-refractivity contribution >= 4 is 17.7 Å². The van der Waals surface area contributed by atoms with Crippen LogP contribution in [0.5, 0.6) is 0 Å². The molecule has 0 amide bonds. The number of aryl methyl sites for hydroxylation is 2. The molecule has 0 atom stereocenters. The number of carbonyl (C=O) groups is 1. The van der Waals surface area contributed by atoms with Gasteiger partial charge in [0.1, 0.15) is 12.1 Å². The predicted octanol–water partition coefficient (Wildman–Crippen LogP) is 2.71. The molecule has 6 heteroatoms. The van der Waals surface area contributed by atoms with Crippen LogP contribution in [-0.4, -0.2) is 33.5 Å². The number of carbonyl (C=O) groups excluding carboxylic acids is 1. The second-order valence-corrected chi connectivity index (χ2v) is 5.24. The molecule has 0 saturated carbocycles. The largest absolute Gasteiger partial charge is 0.376 e. The number of nitrogens with zero attached hydrogens (tertiary/aromatic N) is 3. The minimum Gasteiger partial charge on any atom is -0.376 e. The summed E-state index contributed by atoms with van der Waals surface area (Å²) in [5, 5.41) is 11.3. The van der Waals surface area contributed by atoms with Gasteiger partial charge in [0.2, 0.25) is 0 Å². The molecule has 0 aliphatic rings. The Hall–Kier alpha value is -2.89. The minimum atomic E-state index is 0.159. The highest BCUT2D eigenvalue weighted by atomic mass is 16.1. The SMILES string of the molecule is C=C(C)C(=N)c1cc(-c2cnc(C)nc2)nc(C)c1NCC=O. The molecule has 0 fully saturated rings. The molecule has 2 aromatic heterocycles. The molecule has 0 aliphatic carbocycles. The van der Waals surface area contributed by atoms with Gasteiger partial charge in [0, 0.05) is 23.5 Å². The lowest BCUT2D eigenvalue weighted by Gasteiger charge is -2.16. The van der Waals surface area contributed by atoms with Gasteiger partial charge in [-0.3, -0.25) is 10.4 Å². The topological polar surface area (TPSA) is 91.6 Å². The van der Waals surface area contributed by atoms with Crippen LogP contribution in [-0.2, 0) is 4.79 Å². The van der Waals surface area contributed by atoms with Crippen LogP contribution in [0.25, 0.3) is 11.3 Å². The summed E-state index contributed by atoms with van der Waals surface area (Å²) in [6.07, 6.45) is 4.18. The van der Waals surface area contributed by atoms with Gasteiger partial charge in [0.15, 0.2) is 0 Å². The van der Waals surface area contributed by atoms with Crippen molar-refractivity contribution in [1.29, 1.82) is 5.41 Å². The third kappa shape index (κ3) is 3.66. The van der Waals surface area contributed by atoms with E-state index in [0.29, 0.717) is 39.7 Å². The summed E-state index contributed by atoms with van der Waals surface area (Å²) >= 11 is 0. The van der Waals surface area contributed by atoms with Gasteiger partial charge in [-0.1, -0.05) is 6.58 Å². The lowest BCUT2D eigenvalue weighted by atomic mass is 10.00. The average molecular weight is 309 g/mol. The van der Waals surface area contributed by atoms with E-state index in [2.05, 4.69) is 26.8 Å². The number of nitrogens with one attached hydrogen (secondary N) is 2. The zero-order chi connectivity index (χ0) is 17.0. The highest BCUT2D eigenvalue weighted by molar-refractivity contribution is 6.13. The summed E-state index contributed by atoms with van der Waals surface area (Å²) in [6.45, 7) is 9.41. The van der Waals surface area contributed by atoms with Crippen molar-refractivity contribution in [3.8, 4) is 11.3 Å². The smallest absolute Gasteiger partial charge is 0.139 e. The van der Waals surface area contributed by atoms with Crippen molar-refractivity contribution in [2.24, 2.45) is 0 Å². The number of allylic oxidation sites excluding steroid dienone is 1. The zero-order valence-electron chi connectivity index (χ0n) is 13.5. The highest BCUT2D eigenvalue weighted by Crippen LogP contribution is 2.27. The molecular formula is C17H19N5O. The van der Waals surface area contributed by atoms with Crippen LogP contribution < -0.4 is 5.32 Å². The number of hydrogen-bond acceptors (Lipinski definition) is 6. The Morgan fingerprint density at radius 1 is 1.35 bits per heavy atom. The summed E-state index contributed by atoms with van der Waals surface area (Å²) < 4.78 is 0. The van der Waals surface area contributed by atoms with Crippen molar-refractivity contribution in [1.82, 2.24) is 15.0 Å². The number of anilines is 1. The Morgan fingerprint density at radius 3 is 2.57 bits per heavy atom. The number of hydrogen-bond donors (Lipinski definition) is 2. The van der Waals surface area contributed by atoms with Crippen LogP contribution in [0.2, 0.25) is 0 Å². The van der Waals surface area contributed by atoms with Crippen LogP contribution in [0.3, 0.4) is 0 Å². The van der Waals surface area contributed by atoms with Crippen LogP contribution in [0.1, 0.15) is 24.0 Å². The van der Waals surface area contributed by atoms with Crippen molar-refractivity contribution in [2.75, 3.05) is 11.9 Å². The molecule has 2 N–H and O–H groups in total. The van der Waals surface area contributed by atoms with E-state index < -0.39 is 0 Å². The van der Waals surface area contributed by atoms with E-state index in [9.17, 15) is 4.79 Å². The Bertz CT molecular complexity index is 765. The first kappa shape index (κ1) is 16.5. The Balaban J connectivity index is 2.59. The van der Waals surface area contributed by atoms with Gasteiger partial charge in [-0.15, -0.1) is 0 Å². The summed E-state index contributed by atoms with van der Waals surface area (Å²) in [5.41, 5.74) is 4.42. The molecule has 0 aromatic carbocycles. The van der Waals surface area contributed by atoms with E-state index in [4.69, 9.17) is 5.41 Å². The van der Waals surface area contributed by atoms with E-state index in [0.717, 1.165) is 11.8 Å². The molecule has 2 rings (SSSR count). The molecule has 0 spiro atoms. The minimum absolute atomic E-state index is 0.159. The number of pyridine rings is 1. The van der Waals surface area contributed by atoms with E-state index >= 15 is 0 Å². The van der Waals surface area contributed by atoms with E-state index in [1.807, 2.05) is 13.8 Å². The molecule has 0 radical (unpaired) electrons. The number of aldehydes is 1. The molecule has 23 heavy (non-hydrogen) atoms. The van der Waals surface area contributed by atoms with Crippen LogP contribution in [0.4, 0.5) is 5.69 Å². The van der Waals surface area contributed by atoms with Crippen molar-refractivity contribution < 1.29 is 4.79 Å². The van der Waals surface area contributed by atoms with E-state index in [-0.39, 0.29) is 6.54 Å². The zero-order valence-corrected chi connectivity index (χ0v) is 13.5. The Morgan fingerprint density at radius 2 is 2.00 bits per heavy atom. The summed E-state index contributed by atoms with van der Waals surface area (Å²) in [4.78, 5) is 23.6. The van der Waals surface area contributed by atoms with Crippen LogP contribution >= 0.6 is 0 Å². The van der Waals surface area contributed by atoms with Crippen LogP contribution in [0, 0.1) is 19.3 Å². The first-order chi connectivity index (χ1) is 10.9. The summed E-state index contributed by atoms with van der Waals surface area (Å²) in [5.74, 6) is 0.685. The maximum Gasteiger partial charge on any atom is 0.139 e. The third-order valence-corrected chi connectivity index (χ3v) is 3.34. The monoisotopic (exact) mass is 309 g/mol. The van der Waals surface area contributed by atoms with E-state index in [1.54, 1.807) is 25.4 Å². The average Bonchev–Trinajstić information content (AvgIpc) is 2.53. The molecule has 0 aliphatic heterocycles. The molecular weight excluding hydrogens is 290 g/mol. The molecule has 0 bridgehead atoms. The number of rotatable bonds is 6. The van der Waals surface area contributed by atoms with Crippen molar-refractivity contribution in [3.05, 3.63) is 47.7 Å². The second kappa shape index (κ2) is 6.91. The van der Waals surface area contributed by atoms with E-state index in [1.165, 1.54) is 0 Å². The van der Waals surface area contributed by atoms with Gasteiger partial charge >= 0.3 is 0 Å². The number of aromatic nitrogens is 3. The maximum atomic E-state index is 10.7. The quantitative estimate of drug-likeness (QED) is 0.632. The Kier molecular flexibility index (Phi) is 4.95. The molecule has 2 heterocycles. The fraction of sp³-hybridized carbons (Fsp3) is 0.235. The standard InChI is InChI=1S/C17H19N5O/c1-10(2)16(18)14-7-15(13-8-20-12(4)21-9-13)22-11(3)17(14)19-5-6-23/h6-9,18-19H,1,5H2,2-4H3. The van der Waals surface area contributed by atoms with Gasteiger partial charge in [0.05, 0.1) is 29.3 Å². The van der Waals surface area contributed by atoms with Gasteiger partial charge < -0.3 is 10.1 Å². The molecule has 0 saturated heterocycles. The second-order valence-electron chi connectivity index (χ2n) is 5.24. The van der Waals surface area contributed by atoms with Gasteiger partial charge in [-0.2, -0.15) is 0 Å². The fourth-order valence-electron chi connectivity index (χ4n) is 2.14. The molecule has 118 valence electrons. The normalized spacial score (nSPS) is 10.2. The van der Waals surface area contributed by atoms with Crippen molar-refractivity contribution in [2.45, 2.75) is 20.8 Å². The Labute approximate surface area is 135 Å². The lowest BCUT2D eigenvalue weighted by molar-refractivity contribution is -0.106. The summed E-state index contributed by atoms with van der Waals surface area (Å²) in [7, 11) is 0. The molecule has 0 unspecified atom stereocenters. The lowest BCUT2D eigenvalue weighted by Crippen LogP contribution is -2.12. The van der Waals surface area contributed by atoms with Crippen LogP contribution in [0.15, 0.2) is 30.6 Å². The predicted molar refractivity (Wildman–Crippen MR) is 90.9 cm³/mol. The molecule has 2 aromatic rings. The fourth-order valence-corrected chi connectivity index (χ4v) is 2.14. The molecule has 6 nitrogen and oxygen atoms in total. The first-order valence-corrected chi connectivity index (χ1v) is 7.17.